The standard InChI is InChI=1S/C25H36O4/c1-4-15(5-8-22(28)29)18-6-7-19-23-20(10-12-25(18,19)3)24(2)11-9-17(26)13-16(24)14-21(23)27/h1,15-20,23,26H,5-14H2,2-3H3,(H,28,29)/t15-,16?,17-,18-,19?,20?,23?,24+,25-/m1/s1. The lowest BCUT2D eigenvalue weighted by molar-refractivity contribution is -0.160. The number of carbonyl (C=O) groups is 2. The maximum atomic E-state index is 13.4. The van der Waals surface area contributed by atoms with E-state index in [1.165, 1.54) is 0 Å². The summed E-state index contributed by atoms with van der Waals surface area (Å²) in [4.78, 5) is 24.5. The van der Waals surface area contributed by atoms with Crippen molar-refractivity contribution in [3.8, 4) is 12.3 Å². The van der Waals surface area contributed by atoms with Gasteiger partial charge < -0.3 is 10.2 Å². The molecule has 160 valence electrons. The zero-order valence-corrected chi connectivity index (χ0v) is 17.9. The van der Waals surface area contributed by atoms with Crippen LogP contribution in [0.3, 0.4) is 0 Å². The van der Waals surface area contributed by atoms with Crippen LogP contribution in [0.1, 0.15) is 78.1 Å². The lowest BCUT2D eigenvalue weighted by Gasteiger charge is -2.60. The molecule has 0 aromatic carbocycles. The Morgan fingerprint density at radius 3 is 2.55 bits per heavy atom. The summed E-state index contributed by atoms with van der Waals surface area (Å²) in [7, 11) is 0. The third-order valence-electron chi connectivity index (χ3n) is 9.88. The summed E-state index contributed by atoms with van der Waals surface area (Å²) in [5.74, 6) is 4.15. The maximum Gasteiger partial charge on any atom is 0.303 e. The highest BCUT2D eigenvalue weighted by molar-refractivity contribution is 5.83. The number of aliphatic hydroxyl groups excluding tert-OH is 1. The third-order valence-corrected chi connectivity index (χ3v) is 9.88. The monoisotopic (exact) mass is 400 g/mol. The van der Waals surface area contributed by atoms with Crippen LogP contribution in [0.2, 0.25) is 0 Å². The number of hydrogen-bond acceptors (Lipinski definition) is 3. The number of carboxylic acid groups (broad SMARTS) is 1. The second-order valence-corrected chi connectivity index (χ2v) is 11.0. The van der Waals surface area contributed by atoms with Crippen molar-refractivity contribution in [1.29, 1.82) is 0 Å². The number of aliphatic carboxylic acids is 1. The van der Waals surface area contributed by atoms with Gasteiger partial charge in [-0.25, -0.2) is 0 Å². The molecule has 0 bridgehead atoms. The minimum Gasteiger partial charge on any atom is -0.481 e. The number of ketones is 1. The number of Topliss-reactive ketones (excluding diaryl/α,β-unsaturated/α-hetero) is 1. The van der Waals surface area contributed by atoms with Gasteiger partial charge in [0.05, 0.1) is 6.10 Å². The Hall–Kier alpha value is -1.34. The van der Waals surface area contributed by atoms with Gasteiger partial charge in [-0.3, -0.25) is 9.59 Å². The molecule has 2 N–H and O–H groups in total. The highest BCUT2D eigenvalue weighted by Gasteiger charge is 2.63. The Labute approximate surface area is 174 Å². The van der Waals surface area contributed by atoms with E-state index in [9.17, 15) is 14.7 Å². The van der Waals surface area contributed by atoms with Gasteiger partial charge in [-0.05, 0) is 85.9 Å². The number of aliphatic hydroxyl groups is 1. The van der Waals surface area contributed by atoms with Gasteiger partial charge in [-0.1, -0.05) is 13.8 Å². The fourth-order valence-corrected chi connectivity index (χ4v) is 8.29. The quantitative estimate of drug-likeness (QED) is 0.690. The second kappa shape index (κ2) is 7.41. The number of hydrogen-bond donors (Lipinski definition) is 2. The van der Waals surface area contributed by atoms with Crippen LogP contribution in [-0.2, 0) is 9.59 Å². The molecule has 4 saturated carbocycles. The molecule has 0 radical (unpaired) electrons. The van der Waals surface area contributed by atoms with E-state index in [-0.39, 0.29) is 35.2 Å². The van der Waals surface area contributed by atoms with Crippen LogP contribution in [0.4, 0.5) is 0 Å². The Bertz CT molecular complexity index is 723. The molecule has 0 aromatic rings. The molecule has 4 fully saturated rings. The number of carbonyl (C=O) groups excluding carboxylic acids is 1. The second-order valence-electron chi connectivity index (χ2n) is 11.0. The first kappa shape index (κ1) is 20.9. The number of rotatable bonds is 4. The van der Waals surface area contributed by atoms with E-state index in [1.54, 1.807) is 0 Å². The first-order chi connectivity index (χ1) is 13.7. The summed E-state index contributed by atoms with van der Waals surface area (Å²) in [6.07, 6.45) is 13.8. The number of fused-ring (bicyclic) bond motifs is 5. The normalized spacial score (nSPS) is 47.4. The van der Waals surface area contributed by atoms with Crippen LogP contribution in [0.25, 0.3) is 0 Å². The molecule has 0 heterocycles. The van der Waals surface area contributed by atoms with Gasteiger partial charge in [0.1, 0.15) is 5.78 Å². The molecular weight excluding hydrogens is 364 g/mol. The zero-order chi connectivity index (χ0) is 21.0. The average Bonchev–Trinajstić information content (AvgIpc) is 3.01. The van der Waals surface area contributed by atoms with Crippen molar-refractivity contribution < 1.29 is 19.8 Å². The van der Waals surface area contributed by atoms with Crippen LogP contribution in [-0.4, -0.2) is 28.1 Å². The van der Waals surface area contributed by atoms with Crippen molar-refractivity contribution in [2.24, 2.45) is 46.3 Å². The zero-order valence-electron chi connectivity index (χ0n) is 17.9. The van der Waals surface area contributed by atoms with Gasteiger partial charge in [0, 0.05) is 24.7 Å². The fraction of sp³-hybridized carbons (Fsp3) is 0.840. The molecule has 29 heavy (non-hydrogen) atoms. The largest absolute Gasteiger partial charge is 0.481 e. The predicted molar refractivity (Wildman–Crippen MR) is 111 cm³/mol. The number of carboxylic acids is 1. The summed E-state index contributed by atoms with van der Waals surface area (Å²) in [6.45, 7) is 4.73. The summed E-state index contributed by atoms with van der Waals surface area (Å²) in [5, 5.41) is 19.3. The molecule has 4 unspecified atom stereocenters. The van der Waals surface area contributed by atoms with Gasteiger partial charge >= 0.3 is 5.97 Å². The molecule has 0 aromatic heterocycles. The first-order valence-electron chi connectivity index (χ1n) is 11.6. The SMILES string of the molecule is C#C[C@H](CCC(=O)O)[C@H]1CCC2C3C(=O)CC4C[C@H](O)CC[C@]4(C)C3CC[C@@]21C. The molecule has 4 aliphatic carbocycles. The van der Waals surface area contributed by atoms with E-state index < -0.39 is 5.97 Å². The topological polar surface area (TPSA) is 74.6 Å². The highest BCUT2D eigenvalue weighted by atomic mass is 16.4. The van der Waals surface area contributed by atoms with E-state index in [2.05, 4.69) is 19.8 Å². The molecule has 4 aliphatic rings. The highest BCUT2D eigenvalue weighted by Crippen LogP contribution is 2.67. The molecule has 0 amide bonds. The van der Waals surface area contributed by atoms with E-state index in [4.69, 9.17) is 11.5 Å². The van der Waals surface area contributed by atoms with Crippen molar-refractivity contribution in [3.05, 3.63) is 0 Å². The summed E-state index contributed by atoms with van der Waals surface area (Å²) >= 11 is 0. The van der Waals surface area contributed by atoms with Crippen LogP contribution >= 0.6 is 0 Å². The molecule has 0 saturated heterocycles. The van der Waals surface area contributed by atoms with E-state index in [0.717, 1.165) is 44.9 Å². The first-order valence-corrected chi connectivity index (χ1v) is 11.6. The minimum atomic E-state index is -0.783. The molecular formula is C25H36O4. The lowest BCUT2D eigenvalue weighted by atomic mass is 9.44. The van der Waals surface area contributed by atoms with Crippen LogP contribution in [0, 0.1) is 58.7 Å². The minimum absolute atomic E-state index is 0.00972. The van der Waals surface area contributed by atoms with Crippen LogP contribution in [0.15, 0.2) is 0 Å². The van der Waals surface area contributed by atoms with Crippen molar-refractivity contribution in [1.82, 2.24) is 0 Å². The number of terminal acetylenes is 1. The Morgan fingerprint density at radius 2 is 1.86 bits per heavy atom. The van der Waals surface area contributed by atoms with E-state index in [1.807, 2.05) is 0 Å². The van der Waals surface area contributed by atoms with Gasteiger partial charge in [-0.15, -0.1) is 12.3 Å². The summed E-state index contributed by atoms with van der Waals surface area (Å²) in [6, 6.07) is 0. The van der Waals surface area contributed by atoms with Gasteiger partial charge in [0.25, 0.3) is 0 Å². The van der Waals surface area contributed by atoms with Crippen LogP contribution < -0.4 is 0 Å². The Morgan fingerprint density at radius 1 is 1.17 bits per heavy atom. The molecule has 9 atom stereocenters. The summed E-state index contributed by atoms with van der Waals surface area (Å²) in [5.41, 5.74) is 0.218. The molecule has 4 rings (SSSR count). The smallest absolute Gasteiger partial charge is 0.303 e. The third kappa shape index (κ3) is 3.25. The lowest BCUT2D eigenvalue weighted by Crippen LogP contribution is -2.57. The van der Waals surface area contributed by atoms with Gasteiger partial charge in [0.2, 0.25) is 0 Å². The molecule has 0 aliphatic heterocycles. The predicted octanol–water partition coefficient (Wildman–Crippen LogP) is 4.30. The molecule has 4 heteroatoms. The Kier molecular flexibility index (Phi) is 5.35. The van der Waals surface area contributed by atoms with Crippen molar-refractivity contribution in [3.63, 3.8) is 0 Å². The molecule has 4 nitrogen and oxygen atoms in total. The molecule has 0 spiro atoms. The van der Waals surface area contributed by atoms with Crippen LogP contribution in [0.5, 0.6) is 0 Å². The van der Waals surface area contributed by atoms with Crippen molar-refractivity contribution in [2.75, 3.05) is 0 Å². The Balaban J connectivity index is 1.59. The fourth-order valence-electron chi connectivity index (χ4n) is 8.29. The van der Waals surface area contributed by atoms with Gasteiger partial charge in [-0.2, -0.15) is 0 Å². The maximum absolute atomic E-state index is 13.4. The average molecular weight is 401 g/mol. The van der Waals surface area contributed by atoms with E-state index in [0.29, 0.717) is 42.3 Å². The van der Waals surface area contributed by atoms with Crippen molar-refractivity contribution in [2.45, 2.75) is 84.2 Å². The van der Waals surface area contributed by atoms with E-state index >= 15 is 0 Å². The van der Waals surface area contributed by atoms with Gasteiger partial charge in [0.15, 0.2) is 0 Å². The summed E-state index contributed by atoms with van der Waals surface area (Å²) < 4.78 is 0. The van der Waals surface area contributed by atoms with Crippen molar-refractivity contribution >= 4 is 11.8 Å².